The van der Waals surface area contributed by atoms with Gasteiger partial charge in [-0.25, -0.2) is 0 Å². The van der Waals surface area contributed by atoms with Gasteiger partial charge in [-0.05, 0) is 36.8 Å². The van der Waals surface area contributed by atoms with Gasteiger partial charge in [-0.1, -0.05) is 13.8 Å². The van der Waals surface area contributed by atoms with Crippen molar-refractivity contribution in [1.29, 1.82) is 0 Å². The number of piperidine rings is 2. The summed E-state index contributed by atoms with van der Waals surface area (Å²) in [5.41, 5.74) is 6.76. The number of carbonyl (C=O) groups excluding carboxylic acids is 2. The minimum absolute atomic E-state index is 0.0131. The van der Waals surface area contributed by atoms with Gasteiger partial charge in [0.1, 0.15) is 0 Å². The molecule has 2 N–H and O–H groups in total. The van der Waals surface area contributed by atoms with Gasteiger partial charge in [0.15, 0.2) is 0 Å². The number of aromatic nitrogens is 1. The summed E-state index contributed by atoms with van der Waals surface area (Å²) in [5.74, 6) is 0.0535. The molecule has 2 saturated heterocycles. The normalized spacial score (nSPS) is 26.4. The molecule has 0 aromatic carbocycles. The van der Waals surface area contributed by atoms with Crippen molar-refractivity contribution in [3.8, 4) is 0 Å². The van der Waals surface area contributed by atoms with E-state index < -0.39 is 0 Å². The molecule has 1 aromatic heterocycles. The molecule has 6 heteroatoms. The molecule has 25 heavy (non-hydrogen) atoms. The van der Waals surface area contributed by atoms with Gasteiger partial charge in [-0.2, -0.15) is 0 Å². The van der Waals surface area contributed by atoms with E-state index in [2.05, 4.69) is 18.8 Å². The lowest BCUT2D eigenvalue weighted by Crippen LogP contribution is -2.56. The van der Waals surface area contributed by atoms with Gasteiger partial charge in [0.2, 0.25) is 5.91 Å². The second-order valence-corrected chi connectivity index (χ2v) is 7.97. The Morgan fingerprint density at radius 1 is 1.16 bits per heavy atom. The van der Waals surface area contributed by atoms with Crippen LogP contribution in [-0.4, -0.2) is 58.8 Å². The molecule has 136 valence electrons. The molecule has 0 radical (unpaired) electrons. The van der Waals surface area contributed by atoms with Crippen LogP contribution in [0.3, 0.4) is 0 Å². The summed E-state index contributed by atoms with van der Waals surface area (Å²) >= 11 is 0. The monoisotopic (exact) mass is 344 g/mol. The number of nitrogens with two attached hydrogens (primary N) is 1. The lowest BCUT2D eigenvalue weighted by atomic mass is 9.79. The van der Waals surface area contributed by atoms with Crippen LogP contribution >= 0.6 is 0 Å². The molecule has 2 aliphatic rings. The average molecular weight is 344 g/mol. The van der Waals surface area contributed by atoms with Crippen molar-refractivity contribution >= 4 is 11.8 Å². The summed E-state index contributed by atoms with van der Waals surface area (Å²) in [6.45, 7) is 6.87. The quantitative estimate of drug-likeness (QED) is 0.882. The first kappa shape index (κ1) is 17.9. The summed E-state index contributed by atoms with van der Waals surface area (Å²) in [7, 11) is 0. The number of nitrogens with zero attached hydrogens (tertiary/aromatic N) is 3. The molecule has 2 atom stereocenters. The number of carbonyl (C=O) groups is 2. The predicted molar refractivity (Wildman–Crippen MR) is 95.8 cm³/mol. The lowest BCUT2D eigenvalue weighted by Gasteiger charge is -2.44. The van der Waals surface area contributed by atoms with Crippen molar-refractivity contribution in [3.05, 3.63) is 30.1 Å². The highest BCUT2D eigenvalue weighted by Crippen LogP contribution is 2.30. The van der Waals surface area contributed by atoms with Gasteiger partial charge in [0, 0.05) is 50.2 Å². The van der Waals surface area contributed by atoms with E-state index in [0.717, 1.165) is 25.8 Å². The highest BCUT2D eigenvalue weighted by molar-refractivity contribution is 5.94. The molecule has 0 bridgehead atoms. The van der Waals surface area contributed by atoms with E-state index in [9.17, 15) is 9.59 Å². The second-order valence-electron chi connectivity index (χ2n) is 7.97. The summed E-state index contributed by atoms with van der Waals surface area (Å²) in [4.78, 5) is 33.4. The van der Waals surface area contributed by atoms with Crippen molar-refractivity contribution < 1.29 is 9.59 Å². The largest absolute Gasteiger partial charge is 0.342 e. The number of amides is 2. The smallest absolute Gasteiger partial charge is 0.253 e. The Kier molecular flexibility index (Phi) is 5.08. The maximum Gasteiger partial charge on any atom is 0.253 e. The number of likely N-dealkylation sites (tertiary alicyclic amines) is 2. The maximum atomic E-state index is 13.0. The van der Waals surface area contributed by atoms with Gasteiger partial charge in [-0.15, -0.1) is 0 Å². The van der Waals surface area contributed by atoms with E-state index in [0.29, 0.717) is 25.2 Å². The molecule has 2 aliphatic heterocycles. The highest BCUT2D eigenvalue weighted by atomic mass is 16.2. The molecule has 1 aromatic rings. The van der Waals surface area contributed by atoms with Crippen molar-refractivity contribution in [1.82, 2.24) is 14.8 Å². The van der Waals surface area contributed by atoms with Crippen molar-refractivity contribution in [3.63, 3.8) is 0 Å². The number of hydrogen-bond donors (Lipinski definition) is 1. The molecule has 6 nitrogen and oxygen atoms in total. The summed E-state index contributed by atoms with van der Waals surface area (Å²) < 4.78 is 0. The van der Waals surface area contributed by atoms with Crippen LogP contribution in [0.15, 0.2) is 24.5 Å². The molecule has 0 spiro atoms. The van der Waals surface area contributed by atoms with Gasteiger partial charge in [-0.3, -0.25) is 14.6 Å². The maximum absolute atomic E-state index is 13.0. The van der Waals surface area contributed by atoms with Gasteiger partial charge in [0.25, 0.3) is 5.91 Å². The summed E-state index contributed by atoms with van der Waals surface area (Å²) in [5, 5.41) is 0. The summed E-state index contributed by atoms with van der Waals surface area (Å²) in [6.07, 6.45) is 5.80. The molecular weight excluding hydrogens is 316 g/mol. The highest BCUT2D eigenvalue weighted by Gasteiger charge is 2.38. The average Bonchev–Trinajstić information content (AvgIpc) is 2.63. The predicted octanol–water partition coefficient (Wildman–Crippen LogP) is 1.52. The number of rotatable bonds is 2. The zero-order valence-electron chi connectivity index (χ0n) is 15.1. The van der Waals surface area contributed by atoms with Crippen LogP contribution in [0.2, 0.25) is 0 Å². The second kappa shape index (κ2) is 7.12. The van der Waals surface area contributed by atoms with Crippen LogP contribution in [0.5, 0.6) is 0 Å². The third-order valence-corrected chi connectivity index (χ3v) is 5.61. The first-order valence-corrected chi connectivity index (χ1v) is 9.12. The van der Waals surface area contributed by atoms with E-state index in [4.69, 9.17) is 5.73 Å². The Labute approximate surface area is 149 Å². The van der Waals surface area contributed by atoms with E-state index in [1.807, 2.05) is 9.80 Å². The molecule has 0 saturated carbocycles. The van der Waals surface area contributed by atoms with Crippen LogP contribution in [0, 0.1) is 11.3 Å². The SMILES string of the molecule is CC1(C)CN(C(=O)C2CCCN(C(=O)c3ccncc3)C2)CCC1N. The van der Waals surface area contributed by atoms with Crippen molar-refractivity contribution in [2.24, 2.45) is 17.1 Å². The third kappa shape index (κ3) is 3.84. The Morgan fingerprint density at radius 2 is 1.88 bits per heavy atom. The van der Waals surface area contributed by atoms with E-state index in [1.165, 1.54) is 0 Å². The summed E-state index contributed by atoms with van der Waals surface area (Å²) in [6, 6.07) is 3.58. The van der Waals surface area contributed by atoms with E-state index in [1.54, 1.807) is 24.5 Å². The number of pyridine rings is 1. The molecule has 2 unspecified atom stereocenters. The fourth-order valence-electron chi connectivity index (χ4n) is 3.86. The first-order chi connectivity index (χ1) is 11.9. The minimum Gasteiger partial charge on any atom is -0.342 e. The van der Waals surface area contributed by atoms with Gasteiger partial charge in [0.05, 0.1) is 5.92 Å². The van der Waals surface area contributed by atoms with E-state index >= 15 is 0 Å². The molecule has 0 aliphatic carbocycles. The zero-order valence-corrected chi connectivity index (χ0v) is 15.1. The fourth-order valence-corrected chi connectivity index (χ4v) is 3.86. The van der Waals surface area contributed by atoms with E-state index in [-0.39, 0.29) is 29.2 Å². The van der Waals surface area contributed by atoms with Crippen LogP contribution in [0.1, 0.15) is 43.5 Å². The van der Waals surface area contributed by atoms with Gasteiger partial charge < -0.3 is 15.5 Å². The van der Waals surface area contributed by atoms with Crippen LogP contribution in [0.4, 0.5) is 0 Å². The molecule has 3 rings (SSSR count). The standard InChI is InChI=1S/C19H28N4O2/c1-19(2)13-23(11-7-16(19)20)18(25)15-4-3-10-22(12-15)17(24)14-5-8-21-9-6-14/h5-6,8-9,15-16H,3-4,7,10-13,20H2,1-2H3. The lowest BCUT2D eigenvalue weighted by molar-refractivity contribution is -0.140. The fraction of sp³-hybridized carbons (Fsp3) is 0.632. The van der Waals surface area contributed by atoms with Gasteiger partial charge >= 0.3 is 0 Å². The zero-order chi connectivity index (χ0) is 18.0. The Hall–Kier alpha value is -1.95. The van der Waals surface area contributed by atoms with Crippen LogP contribution in [-0.2, 0) is 4.79 Å². The molecular formula is C19H28N4O2. The Balaban J connectivity index is 1.65. The minimum atomic E-state index is -0.107. The van der Waals surface area contributed by atoms with Crippen LogP contribution < -0.4 is 5.73 Å². The van der Waals surface area contributed by atoms with Crippen molar-refractivity contribution in [2.75, 3.05) is 26.2 Å². The van der Waals surface area contributed by atoms with Crippen LogP contribution in [0.25, 0.3) is 0 Å². The topological polar surface area (TPSA) is 79.5 Å². The molecule has 3 heterocycles. The third-order valence-electron chi connectivity index (χ3n) is 5.61. The Bertz CT molecular complexity index is 632. The molecule has 2 amide bonds. The first-order valence-electron chi connectivity index (χ1n) is 9.12. The van der Waals surface area contributed by atoms with Crippen molar-refractivity contribution in [2.45, 2.75) is 39.2 Å². The Morgan fingerprint density at radius 3 is 2.56 bits per heavy atom. The number of hydrogen-bond acceptors (Lipinski definition) is 4. The molecule has 2 fully saturated rings.